The van der Waals surface area contributed by atoms with E-state index < -0.39 is 17.8 Å². The monoisotopic (exact) mass is 478 g/mol. The summed E-state index contributed by atoms with van der Waals surface area (Å²) in [5.41, 5.74) is 2.72. The number of aromatic amines is 1. The van der Waals surface area contributed by atoms with Gasteiger partial charge in [0, 0.05) is 41.3 Å². The number of halogens is 3. The van der Waals surface area contributed by atoms with E-state index >= 15 is 0 Å². The number of rotatable bonds is 6. The van der Waals surface area contributed by atoms with E-state index in [-0.39, 0.29) is 23.8 Å². The van der Waals surface area contributed by atoms with Gasteiger partial charge in [-0.3, -0.25) is 9.59 Å². The molecule has 5 rings (SSSR count). The van der Waals surface area contributed by atoms with Gasteiger partial charge in [-0.1, -0.05) is 18.2 Å². The van der Waals surface area contributed by atoms with Gasteiger partial charge in [-0.2, -0.15) is 13.2 Å². The Bertz CT molecular complexity index is 1410. The van der Waals surface area contributed by atoms with Crippen molar-refractivity contribution in [1.82, 2.24) is 15.3 Å². The van der Waals surface area contributed by atoms with Crippen molar-refractivity contribution in [1.29, 1.82) is 0 Å². The summed E-state index contributed by atoms with van der Waals surface area (Å²) in [5, 5.41) is 6.93. The van der Waals surface area contributed by atoms with Gasteiger partial charge in [0.15, 0.2) is 5.78 Å². The molecule has 6 nitrogen and oxygen atoms in total. The number of ketones is 1. The summed E-state index contributed by atoms with van der Waals surface area (Å²) >= 11 is 0. The van der Waals surface area contributed by atoms with Crippen molar-refractivity contribution >= 4 is 28.3 Å². The summed E-state index contributed by atoms with van der Waals surface area (Å²) in [5.74, 6) is -0.456. The standard InChI is InChI=1S/C26H21F3N4O2/c27-26(28,29)18-4-1-15(2-5-18)11-24(34)23-14-19(32-21-8-10-31-25(21)35)13-22(33-23)16-3-6-20-17(12-16)7-9-30-20/h1-7,9,12-14,21,30H,8,10-11H2,(H,31,35)(H,32,33). The first kappa shape index (κ1) is 22.6. The number of nitrogens with zero attached hydrogens (tertiary/aromatic N) is 1. The second kappa shape index (κ2) is 8.90. The zero-order valence-electron chi connectivity index (χ0n) is 18.4. The number of anilines is 1. The first-order chi connectivity index (χ1) is 16.8. The van der Waals surface area contributed by atoms with Crippen LogP contribution in [-0.2, 0) is 17.4 Å². The number of benzene rings is 2. The van der Waals surface area contributed by atoms with Crippen molar-refractivity contribution in [2.45, 2.75) is 25.1 Å². The van der Waals surface area contributed by atoms with Gasteiger partial charge < -0.3 is 15.6 Å². The molecule has 1 unspecified atom stereocenters. The molecule has 1 atom stereocenters. The van der Waals surface area contributed by atoms with Gasteiger partial charge in [0.25, 0.3) is 0 Å². The summed E-state index contributed by atoms with van der Waals surface area (Å²) in [6.07, 6.45) is -2.10. The molecule has 1 amide bonds. The fraction of sp³-hybridized carbons (Fsp3) is 0.192. The van der Waals surface area contributed by atoms with E-state index in [1.54, 1.807) is 12.1 Å². The summed E-state index contributed by atoms with van der Waals surface area (Å²) in [4.78, 5) is 32.9. The molecule has 1 saturated heterocycles. The highest BCUT2D eigenvalue weighted by atomic mass is 19.4. The second-order valence-electron chi connectivity index (χ2n) is 8.48. The van der Waals surface area contributed by atoms with Gasteiger partial charge in [-0.05, 0) is 54.4 Å². The number of nitrogens with one attached hydrogen (secondary N) is 3. The molecule has 0 saturated carbocycles. The normalized spacial score (nSPS) is 15.9. The van der Waals surface area contributed by atoms with Crippen LogP contribution in [0.1, 0.15) is 28.0 Å². The number of amides is 1. The van der Waals surface area contributed by atoms with Crippen molar-refractivity contribution in [3.63, 3.8) is 0 Å². The molecule has 3 heterocycles. The third-order valence-corrected chi connectivity index (χ3v) is 6.00. The van der Waals surface area contributed by atoms with Crippen LogP contribution in [0, 0.1) is 0 Å². The molecule has 0 radical (unpaired) electrons. The predicted octanol–water partition coefficient (Wildman–Crippen LogP) is 4.97. The van der Waals surface area contributed by atoms with Gasteiger partial charge in [-0.15, -0.1) is 0 Å². The molecular formula is C26H21F3N4O2. The molecule has 2 aromatic heterocycles. The quantitative estimate of drug-likeness (QED) is 0.342. The van der Waals surface area contributed by atoms with E-state index in [1.807, 2.05) is 30.5 Å². The Hall–Kier alpha value is -4.14. The van der Waals surface area contributed by atoms with Crippen molar-refractivity contribution < 1.29 is 22.8 Å². The third kappa shape index (κ3) is 4.89. The number of fused-ring (bicyclic) bond motifs is 1. The van der Waals surface area contributed by atoms with Gasteiger partial charge >= 0.3 is 6.18 Å². The highest BCUT2D eigenvalue weighted by Crippen LogP contribution is 2.30. The van der Waals surface area contributed by atoms with Crippen molar-refractivity contribution in [3.8, 4) is 11.3 Å². The summed E-state index contributed by atoms with van der Waals surface area (Å²) in [6, 6.07) is 15.1. The molecule has 0 bridgehead atoms. The molecule has 0 aliphatic carbocycles. The maximum atomic E-state index is 13.1. The topological polar surface area (TPSA) is 86.9 Å². The maximum absolute atomic E-state index is 13.1. The number of Topliss-reactive ketones (excluding diaryl/α,β-unsaturated/α-hetero) is 1. The van der Waals surface area contributed by atoms with Gasteiger partial charge in [0.05, 0.1) is 11.3 Å². The van der Waals surface area contributed by atoms with E-state index in [0.29, 0.717) is 29.9 Å². The van der Waals surface area contributed by atoms with Crippen LogP contribution in [0.15, 0.2) is 66.9 Å². The largest absolute Gasteiger partial charge is 0.416 e. The van der Waals surface area contributed by atoms with E-state index in [2.05, 4.69) is 20.6 Å². The van der Waals surface area contributed by atoms with Crippen LogP contribution >= 0.6 is 0 Å². The Morgan fingerprint density at radius 2 is 1.86 bits per heavy atom. The zero-order chi connectivity index (χ0) is 24.6. The minimum absolute atomic E-state index is 0.102. The lowest BCUT2D eigenvalue weighted by Crippen LogP contribution is -2.29. The summed E-state index contributed by atoms with van der Waals surface area (Å²) < 4.78 is 38.6. The summed E-state index contributed by atoms with van der Waals surface area (Å²) in [6.45, 7) is 0.568. The Balaban J connectivity index is 1.47. The number of H-pyrrole nitrogens is 1. The Morgan fingerprint density at radius 1 is 1.06 bits per heavy atom. The number of hydrogen-bond donors (Lipinski definition) is 3. The maximum Gasteiger partial charge on any atom is 0.416 e. The van der Waals surface area contributed by atoms with Crippen LogP contribution < -0.4 is 10.6 Å². The average molecular weight is 478 g/mol. The predicted molar refractivity (Wildman–Crippen MR) is 126 cm³/mol. The van der Waals surface area contributed by atoms with E-state index in [4.69, 9.17) is 0 Å². The SMILES string of the molecule is O=C(Cc1ccc(C(F)(F)F)cc1)c1cc(NC2CCNC2=O)cc(-c2ccc3[nH]ccc3c2)n1. The van der Waals surface area contributed by atoms with Gasteiger partial charge in [0.2, 0.25) is 5.91 Å². The van der Waals surface area contributed by atoms with E-state index in [0.717, 1.165) is 28.6 Å². The smallest absolute Gasteiger partial charge is 0.374 e. The van der Waals surface area contributed by atoms with E-state index in [9.17, 15) is 22.8 Å². The number of alkyl halides is 3. The lowest BCUT2D eigenvalue weighted by molar-refractivity contribution is -0.137. The molecule has 1 fully saturated rings. The van der Waals surface area contributed by atoms with Crippen molar-refractivity contribution in [3.05, 3.63) is 83.7 Å². The Kier molecular flexibility index (Phi) is 5.76. The molecule has 1 aliphatic heterocycles. The van der Waals surface area contributed by atoms with E-state index in [1.165, 1.54) is 12.1 Å². The van der Waals surface area contributed by atoms with Crippen molar-refractivity contribution in [2.75, 3.05) is 11.9 Å². The molecule has 178 valence electrons. The van der Waals surface area contributed by atoms with Crippen molar-refractivity contribution in [2.24, 2.45) is 0 Å². The lowest BCUT2D eigenvalue weighted by Gasteiger charge is -2.14. The fourth-order valence-electron chi connectivity index (χ4n) is 4.14. The molecular weight excluding hydrogens is 457 g/mol. The fourth-order valence-corrected chi connectivity index (χ4v) is 4.14. The number of carbonyl (C=O) groups is 2. The minimum Gasteiger partial charge on any atom is -0.374 e. The number of pyridine rings is 1. The highest BCUT2D eigenvalue weighted by molar-refractivity contribution is 5.98. The molecule has 3 N–H and O–H groups in total. The van der Waals surface area contributed by atoms with Crippen LogP contribution in [0.3, 0.4) is 0 Å². The average Bonchev–Trinajstić information content (AvgIpc) is 3.47. The Morgan fingerprint density at radius 3 is 2.57 bits per heavy atom. The number of hydrogen-bond acceptors (Lipinski definition) is 4. The zero-order valence-corrected chi connectivity index (χ0v) is 18.4. The van der Waals surface area contributed by atoms with Crippen LogP contribution in [0.5, 0.6) is 0 Å². The summed E-state index contributed by atoms with van der Waals surface area (Å²) in [7, 11) is 0. The Labute approximate surface area is 198 Å². The molecule has 1 aliphatic rings. The first-order valence-corrected chi connectivity index (χ1v) is 11.1. The van der Waals surface area contributed by atoms with Crippen LogP contribution in [0.2, 0.25) is 0 Å². The van der Waals surface area contributed by atoms with Crippen LogP contribution in [0.4, 0.5) is 18.9 Å². The van der Waals surface area contributed by atoms with Gasteiger partial charge in [0.1, 0.15) is 11.7 Å². The lowest BCUT2D eigenvalue weighted by atomic mass is 10.0. The molecule has 2 aromatic carbocycles. The molecule has 0 spiro atoms. The number of aromatic nitrogens is 2. The highest BCUT2D eigenvalue weighted by Gasteiger charge is 2.30. The third-order valence-electron chi connectivity index (χ3n) is 6.00. The first-order valence-electron chi connectivity index (χ1n) is 11.1. The minimum atomic E-state index is -4.44. The molecule has 4 aromatic rings. The second-order valence-corrected chi connectivity index (χ2v) is 8.48. The van der Waals surface area contributed by atoms with Crippen LogP contribution in [0.25, 0.3) is 22.2 Å². The number of carbonyl (C=O) groups excluding carboxylic acids is 2. The van der Waals surface area contributed by atoms with Crippen LogP contribution in [-0.4, -0.2) is 34.2 Å². The molecule has 9 heteroatoms. The molecule has 35 heavy (non-hydrogen) atoms. The van der Waals surface area contributed by atoms with Gasteiger partial charge in [-0.25, -0.2) is 4.98 Å².